The number of hydrogen-bond donors (Lipinski definition) is 1. The first-order chi connectivity index (χ1) is 8.00. The lowest BCUT2D eigenvalue weighted by molar-refractivity contribution is 0.466. The fraction of sp³-hybridized carbons (Fsp3) is 0.625. The van der Waals surface area contributed by atoms with Gasteiger partial charge in [-0.05, 0) is 42.9 Å². The smallest absolute Gasteiger partial charge is 0.121 e. The van der Waals surface area contributed by atoms with Crippen molar-refractivity contribution in [3.05, 3.63) is 28.8 Å². The van der Waals surface area contributed by atoms with Crippen molar-refractivity contribution in [3.63, 3.8) is 0 Å². The van der Waals surface area contributed by atoms with Gasteiger partial charge in [0.25, 0.3) is 0 Å². The van der Waals surface area contributed by atoms with Crippen LogP contribution in [-0.4, -0.2) is 5.11 Å². The molecule has 0 aliphatic carbocycles. The highest BCUT2D eigenvalue weighted by atomic mass is 16.3. The van der Waals surface area contributed by atoms with Gasteiger partial charge in [-0.25, -0.2) is 0 Å². The Morgan fingerprint density at radius 2 is 1.29 bits per heavy atom. The summed E-state index contributed by atoms with van der Waals surface area (Å²) in [6.45, 7) is 16.3. The van der Waals surface area contributed by atoms with Crippen LogP contribution in [0.25, 0.3) is 0 Å². The van der Waals surface area contributed by atoms with E-state index in [0.717, 1.165) is 17.5 Å². The van der Waals surface area contributed by atoms with E-state index >= 15 is 0 Å². The Kier molecular flexibility index (Phi) is 11.0. The SMILES string of the molecule is CC.CC.Cc1cc(CC(C)C)cc(C)c1O. The van der Waals surface area contributed by atoms with Crippen LogP contribution in [0.1, 0.15) is 58.2 Å². The van der Waals surface area contributed by atoms with Gasteiger partial charge in [0, 0.05) is 0 Å². The molecular weight excluding hydrogens is 208 g/mol. The van der Waals surface area contributed by atoms with Gasteiger partial charge in [-0.1, -0.05) is 53.7 Å². The summed E-state index contributed by atoms with van der Waals surface area (Å²) in [5, 5.41) is 9.56. The number of rotatable bonds is 2. The summed E-state index contributed by atoms with van der Waals surface area (Å²) < 4.78 is 0. The van der Waals surface area contributed by atoms with E-state index in [9.17, 15) is 5.11 Å². The number of aromatic hydroxyl groups is 1. The molecule has 0 aliphatic heterocycles. The summed E-state index contributed by atoms with van der Waals surface area (Å²) in [6, 6.07) is 4.14. The highest BCUT2D eigenvalue weighted by Gasteiger charge is 2.04. The molecule has 1 heteroatoms. The van der Waals surface area contributed by atoms with E-state index in [-0.39, 0.29) is 0 Å². The number of benzene rings is 1. The second-order valence-corrected chi connectivity index (χ2v) is 4.18. The maximum Gasteiger partial charge on any atom is 0.121 e. The Hall–Kier alpha value is -0.980. The highest BCUT2D eigenvalue weighted by Crippen LogP contribution is 2.24. The van der Waals surface area contributed by atoms with Crippen LogP contribution in [-0.2, 0) is 6.42 Å². The van der Waals surface area contributed by atoms with Crippen molar-refractivity contribution in [1.29, 1.82) is 0 Å². The Labute approximate surface area is 108 Å². The molecule has 0 saturated heterocycles. The first kappa shape index (κ1) is 18.4. The number of phenols is 1. The lowest BCUT2D eigenvalue weighted by Crippen LogP contribution is -1.95. The van der Waals surface area contributed by atoms with Gasteiger partial charge in [0.1, 0.15) is 5.75 Å². The topological polar surface area (TPSA) is 20.2 Å². The van der Waals surface area contributed by atoms with Gasteiger partial charge >= 0.3 is 0 Å². The zero-order valence-corrected chi connectivity index (χ0v) is 12.9. The highest BCUT2D eigenvalue weighted by molar-refractivity contribution is 5.42. The van der Waals surface area contributed by atoms with Crippen LogP contribution >= 0.6 is 0 Å². The number of aryl methyl sites for hydroxylation is 2. The molecule has 0 saturated carbocycles. The maximum atomic E-state index is 9.56. The van der Waals surface area contributed by atoms with Crippen LogP contribution in [0.15, 0.2) is 12.1 Å². The molecule has 0 unspecified atom stereocenters. The molecule has 0 heterocycles. The Balaban J connectivity index is 0. The third kappa shape index (κ3) is 7.04. The standard InChI is InChI=1S/C12H18O.2C2H6/c1-8(2)5-11-6-9(3)12(13)10(4)7-11;2*1-2/h6-8,13H,5H2,1-4H3;2*1-2H3. The van der Waals surface area contributed by atoms with Gasteiger partial charge in [-0.15, -0.1) is 0 Å². The summed E-state index contributed by atoms with van der Waals surface area (Å²) in [5.41, 5.74) is 3.29. The predicted molar refractivity (Wildman–Crippen MR) is 78.8 cm³/mol. The molecule has 1 nitrogen and oxygen atoms in total. The lowest BCUT2D eigenvalue weighted by atomic mass is 9.98. The molecule has 1 aromatic rings. The van der Waals surface area contributed by atoms with E-state index in [4.69, 9.17) is 0 Å². The second kappa shape index (κ2) is 10.2. The quantitative estimate of drug-likeness (QED) is 0.745. The third-order valence-electron chi connectivity index (χ3n) is 2.19. The molecule has 0 fully saturated rings. The van der Waals surface area contributed by atoms with Crippen molar-refractivity contribution < 1.29 is 5.11 Å². The molecule has 1 rings (SSSR count). The fourth-order valence-electron chi connectivity index (χ4n) is 1.63. The molecule has 100 valence electrons. The molecule has 0 amide bonds. The van der Waals surface area contributed by atoms with Crippen LogP contribution < -0.4 is 0 Å². The summed E-state index contributed by atoms with van der Waals surface area (Å²) in [5.74, 6) is 1.11. The van der Waals surface area contributed by atoms with E-state index in [1.807, 2.05) is 41.5 Å². The van der Waals surface area contributed by atoms with Crippen molar-refractivity contribution >= 4 is 0 Å². The molecule has 0 aromatic heterocycles. The number of phenolic OH excluding ortho intramolecular Hbond substituents is 1. The monoisotopic (exact) mass is 238 g/mol. The normalized spacial score (nSPS) is 9.00. The zero-order valence-electron chi connectivity index (χ0n) is 12.9. The molecule has 17 heavy (non-hydrogen) atoms. The summed E-state index contributed by atoms with van der Waals surface area (Å²) in [7, 11) is 0. The van der Waals surface area contributed by atoms with Crippen LogP contribution in [0.3, 0.4) is 0 Å². The van der Waals surface area contributed by atoms with Crippen LogP contribution in [0.2, 0.25) is 0 Å². The molecule has 0 radical (unpaired) electrons. The summed E-state index contributed by atoms with van der Waals surface area (Å²) in [4.78, 5) is 0. The van der Waals surface area contributed by atoms with Gasteiger partial charge in [-0.3, -0.25) is 0 Å². The lowest BCUT2D eigenvalue weighted by Gasteiger charge is -2.09. The van der Waals surface area contributed by atoms with Crippen LogP contribution in [0.5, 0.6) is 5.75 Å². The Bertz CT molecular complexity index is 277. The van der Waals surface area contributed by atoms with Gasteiger partial charge < -0.3 is 5.11 Å². The van der Waals surface area contributed by atoms with E-state index in [0.29, 0.717) is 11.7 Å². The summed E-state index contributed by atoms with van der Waals surface area (Å²) >= 11 is 0. The Morgan fingerprint density at radius 3 is 1.59 bits per heavy atom. The van der Waals surface area contributed by atoms with Crippen molar-refractivity contribution in [2.75, 3.05) is 0 Å². The molecule has 1 N–H and O–H groups in total. The van der Waals surface area contributed by atoms with Crippen molar-refractivity contribution in [2.45, 2.75) is 61.8 Å². The van der Waals surface area contributed by atoms with Gasteiger partial charge in [0.15, 0.2) is 0 Å². The van der Waals surface area contributed by atoms with E-state index in [1.165, 1.54) is 5.56 Å². The minimum absolute atomic E-state index is 0.438. The van der Waals surface area contributed by atoms with Crippen LogP contribution in [0.4, 0.5) is 0 Å². The third-order valence-corrected chi connectivity index (χ3v) is 2.19. The maximum absolute atomic E-state index is 9.56. The molecule has 0 atom stereocenters. The first-order valence-electron chi connectivity index (χ1n) is 6.79. The minimum Gasteiger partial charge on any atom is -0.507 e. The Morgan fingerprint density at radius 1 is 0.941 bits per heavy atom. The van der Waals surface area contributed by atoms with E-state index in [1.54, 1.807) is 0 Å². The molecule has 0 bridgehead atoms. The minimum atomic E-state index is 0.438. The fourth-order valence-corrected chi connectivity index (χ4v) is 1.63. The molecular formula is C16H30O. The largest absolute Gasteiger partial charge is 0.507 e. The zero-order chi connectivity index (χ0) is 14.0. The van der Waals surface area contributed by atoms with Gasteiger partial charge in [0.05, 0.1) is 0 Å². The molecule has 1 aromatic carbocycles. The van der Waals surface area contributed by atoms with E-state index in [2.05, 4.69) is 26.0 Å². The average molecular weight is 238 g/mol. The molecule has 0 aliphatic rings. The van der Waals surface area contributed by atoms with Crippen molar-refractivity contribution in [2.24, 2.45) is 5.92 Å². The van der Waals surface area contributed by atoms with Crippen molar-refractivity contribution in [3.8, 4) is 5.75 Å². The molecule has 0 spiro atoms. The first-order valence-corrected chi connectivity index (χ1v) is 6.79. The predicted octanol–water partition coefficient (Wildman–Crippen LogP) is 5.26. The van der Waals surface area contributed by atoms with Gasteiger partial charge in [0.2, 0.25) is 0 Å². The van der Waals surface area contributed by atoms with Crippen molar-refractivity contribution in [1.82, 2.24) is 0 Å². The average Bonchev–Trinajstić information content (AvgIpc) is 2.30. The number of hydrogen-bond acceptors (Lipinski definition) is 1. The van der Waals surface area contributed by atoms with E-state index < -0.39 is 0 Å². The second-order valence-electron chi connectivity index (χ2n) is 4.18. The van der Waals surface area contributed by atoms with Crippen LogP contribution in [0, 0.1) is 19.8 Å². The van der Waals surface area contributed by atoms with Gasteiger partial charge in [-0.2, -0.15) is 0 Å². The summed E-state index contributed by atoms with van der Waals surface area (Å²) in [6.07, 6.45) is 1.09.